The number of anilines is 6. The fraction of sp³-hybridized carbons (Fsp3) is 0.160. The summed E-state index contributed by atoms with van der Waals surface area (Å²) in [6, 6.07) is 41.1. The molecule has 58 heavy (non-hydrogen) atoms. The molecule has 8 aromatic carbocycles. The topological polar surface area (TPSA) is 46.9 Å². The highest BCUT2D eigenvalue weighted by Crippen LogP contribution is 2.50. The summed E-state index contributed by atoms with van der Waals surface area (Å²) in [6.07, 6.45) is 0. The van der Waals surface area contributed by atoms with Gasteiger partial charge in [0.05, 0.1) is 17.1 Å². The minimum atomic E-state index is -0.124. The summed E-state index contributed by atoms with van der Waals surface area (Å²) in [6.45, 7) is 15.5. The molecule has 4 nitrogen and oxygen atoms in total. The molecule has 8 radical (unpaired) electrons. The lowest BCUT2D eigenvalue weighted by atomic mass is 9.68. The van der Waals surface area contributed by atoms with Crippen LogP contribution in [0.4, 0.5) is 34.1 Å². The van der Waals surface area contributed by atoms with E-state index in [1.54, 1.807) is 6.92 Å². The van der Waals surface area contributed by atoms with Gasteiger partial charge in [-0.05, 0) is 96.8 Å². The van der Waals surface area contributed by atoms with Gasteiger partial charge in [-0.15, -0.1) is 10.9 Å². The van der Waals surface area contributed by atoms with Gasteiger partial charge in [-0.1, -0.05) is 129 Å². The number of benzene rings is 8. The van der Waals surface area contributed by atoms with E-state index in [1.165, 1.54) is 0 Å². The predicted molar refractivity (Wildman–Crippen MR) is 255 cm³/mol. The Labute approximate surface area is 348 Å². The molecule has 0 amide bonds. The molecule has 0 unspecified atom stereocenters. The van der Waals surface area contributed by atoms with Gasteiger partial charge in [0.15, 0.2) is 0 Å². The molecular formula is C50H46B4N2O2. The van der Waals surface area contributed by atoms with Crippen LogP contribution in [0.15, 0.2) is 121 Å². The number of nitrogens with zero attached hydrogens (tertiary/aromatic N) is 2. The Kier molecular flexibility index (Phi) is 12.4. The average Bonchev–Trinajstić information content (AvgIpc) is 3.28. The van der Waals surface area contributed by atoms with Crippen molar-refractivity contribution in [2.45, 2.75) is 55.4 Å². The van der Waals surface area contributed by atoms with E-state index in [9.17, 15) is 10.2 Å². The minimum absolute atomic E-state index is 0.0445. The first kappa shape index (κ1) is 41.6. The first-order valence-electron chi connectivity index (χ1n) is 19.8. The van der Waals surface area contributed by atoms with Crippen molar-refractivity contribution in [2.24, 2.45) is 0 Å². The maximum Gasteiger partial charge on any atom is 0.146 e. The number of hydrogen-bond donors (Lipinski definition) is 2. The number of para-hydroxylation sites is 2. The number of aromatic hydroxyl groups is 2. The fourth-order valence-electron chi connectivity index (χ4n) is 7.81. The third kappa shape index (κ3) is 6.89. The molecule has 8 aromatic rings. The fourth-order valence-corrected chi connectivity index (χ4v) is 7.81. The maximum atomic E-state index is 11.8. The lowest BCUT2D eigenvalue weighted by Crippen LogP contribution is -2.43. The van der Waals surface area contributed by atoms with Crippen LogP contribution in [-0.2, 0) is 0 Å². The number of rotatable bonds is 6. The molecular weight excluding hydrogens is 704 g/mol. The van der Waals surface area contributed by atoms with Crippen LogP contribution in [0.2, 0.25) is 0 Å². The maximum absolute atomic E-state index is 11.8. The Balaban J connectivity index is 0.00000138. The highest BCUT2D eigenvalue weighted by atomic mass is 16.3. The van der Waals surface area contributed by atoms with Gasteiger partial charge in [0.1, 0.15) is 42.9 Å². The standard InChI is InChI=1S/C46H34B4N2O2.2C2H6/c1-25-26(2)43(42(50)41(49)39(25)47)51(29-15-7-5-8-16-29)37-23-35-32-20-12-14-22-34(32)38(24-36(35)31-19-11-13-21-33(31)37)52(30-17-9-6-10-18-30)44-27(3)40(48)45(53)28(4)46(44)54;2*1-2/h5-24,53-54H,1-4H3;2*1-2H3. The van der Waals surface area contributed by atoms with Gasteiger partial charge in [-0.3, -0.25) is 0 Å². The molecule has 8 rings (SSSR count). The van der Waals surface area contributed by atoms with E-state index in [2.05, 4.69) is 53.4 Å². The van der Waals surface area contributed by atoms with Crippen LogP contribution in [0.1, 0.15) is 49.9 Å². The van der Waals surface area contributed by atoms with Crippen LogP contribution in [0.3, 0.4) is 0 Å². The van der Waals surface area contributed by atoms with Crippen LogP contribution >= 0.6 is 0 Å². The lowest BCUT2D eigenvalue weighted by Gasteiger charge is -2.33. The summed E-state index contributed by atoms with van der Waals surface area (Å²) in [5.74, 6) is -0.169. The summed E-state index contributed by atoms with van der Waals surface area (Å²) < 4.78 is 0. The van der Waals surface area contributed by atoms with Crippen molar-refractivity contribution in [2.75, 3.05) is 9.80 Å². The molecule has 0 atom stereocenters. The van der Waals surface area contributed by atoms with E-state index < -0.39 is 0 Å². The Morgan fingerprint density at radius 3 is 1.21 bits per heavy atom. The Morgan fingerprint density at radius 1 is 0.362 bits per heavy atom. The zero-order valence-corrected chi connectivity index (χ0v) is 34.6. The third-order valence-electron chi connectivity index (χ3n) is 10.9. The van der Waals surface area contributed by atoms with Gasteiger partial charge in [-0.25, -0.2) is 0 Å². The molecule has 0 heterocycles. The molecule has 0 spiro atoms. The zero-order chi connectivity index (χ0) is 42.0. The molecule has 0 aliphatic heterocycles. The van der Waals surface area contributed by atoms with E-state index in [1.807, 2.05) is 126 Å². The second-order valence-corrected chi connectivity index (χ2v) is 13.9. The second kappa shape index (κ2) is 17.2. The summed E-state index contributed by atoms with van der Waals surface area (Å²) in [7, 11) is 26.4. The van der Waals surface area contributed by atoms with Crippen LogP contribution in [0, 0.1) is 27.7 Å². The Hall–Kier alpha value is -6.00. The van der Waals surface area contributed by atoms with Crippen molar-refractivity contribution in [1.82, 2.24) is 0 Å². The molecule has 0 aromatic heterocycles. The molecule has 0 aliphatic rings. The second-order valence-electron chi connectivity index (χ2n) is 13.9. The van der Waals surface area contributed by atoms with Gasteiger partial charge in [-0.2, -0.15) is 0 Å². The van der Waals surface area contributed by atoms with Crippen molar-refractivity contribution in [1.29, 1.82) is 0 Å². The van der Waals surface area contributed by atoms with Crippen LogP contribution in [-0.4, -0.2) is 41.6 Å². The highest BCUT2D eigenvalue weighted by Gasteiger charge is 2.27. The number of hydrogen-bond acceptors (Lipinski definition) is 4. The van der Waals surface area contributed by atoms with Gasteiger partial charge < -0.3 is 20.0 Å². The van der Waals surface area contributed by atoms with Crippen LogP contribution < -0.4 is 31.7 Å². The van der Waals surface area contributed by atoms with E-state index in [4.69, 9.17) is 31.4 Å². The molecule has 0 bridgehead atoms. The van der Waals surface area contributed by atoms with Crippen molar-refractivity contribution in [3.8, 4) is 11.5 Å². The SMILES string of the molecule is CC.CC.[B]c1c([B])c(C)c(C)c(N(c2ccccc2)c2cc3c4ccccc4c(N(c4ccccc4)c4c(C)c([B])c(O)c(C)c4O)cc3c3ccccc23)c1[B]. The average molecular weight is 750 g/mol. The largest absolute Gasteiger partial charge is 0.508 e. The van der Waals surface area contributed by atoms with Gasteiger partial charge in [0.25, 0.3) is 0 Å². The number of phenolic OH excluding ortho intramolecular Hbond substituents is 2. The van der Waals surface area contributed by atoms with Crippen LogP contribution in [0.25, 0.3) is 32.3 Å². The van der Waals surface area contributed by atoms with Crippen molar-refractivity contribution < 1.29 is 10.2 Å². The number of phenols is 2. The smallest absolute Gasteiger partial charge is 0.146 e. The van der Waals surface area contributed by atoms with E-state index in [-0.39, 0.29) is 17.0 Å². The van der Waals surface area contributed by atoms with Crippen molar-refractivity contribution in [3.63, 3.8) is 0 Å². The minimum Gasteiger partial charge on any atom is -0.508 e. The van der Waals surface area contributed by atoms with Crippen molar-refractivity contribution in [3.05, 3.63) is 144 Å². The molecule has 0 aliphatic carbocycles. The van der Waals surface area contributed by atoms with Gasteiger partial charge >= 0.3 is 0 Å². The number of fused-ring (bicyclic) bond motifs is 5. The lowest BCUT2D eigenvalue weighted by molar-refractivity contribution is 0.446. The molecule has 2 N–H and O–H groups in total. The van der Waals surface area contributed by atoms with Gasteiger partial charge in [0, 0.05) is 33.4 Å². The summed E-state index contributed by atoms with van der Waals surface area (Å²) >= 11 is 0. The van der Waals surface area contributed by atoms with Crippen LogP contribution in [0.5, 0.6) is 11.5 Å². The third-order valence-corrected chi connectivity index (χ3v) is 10.9. The Bertz CT molecular complexity index is 2540. The molecule has 0 saturated carbocycles. The summed E-state index contributed by atoms with van der Waals surface area (Å²) in [4.78, 5) is 4.23. The molecule has 0 fully saturated rings. The molecule has 8 heteroatoms. The van der Waals surface area contributed by atoms with E-state index >= 15 is 0 Å². The van der Waals surface area contributed by atoms with E-state index in [0.29, 0.717) is 33.2 Å². The molecule has 280 valence electrons. The predicted octanol–water partition coefficient (Wildman–Crippen LogP) is 9.96. The highest BCUT2D eigenvalue weighted by molar-refractivity contribution is 6.59. The van der Waals surface area contributed by atoms with Gasteiger partial charge in [0.2, 0.25) is 0 Å². The first-order chi connectivity index (χ1) is 28.0. The first-order valence-corrected chi connectivity index (χ1v) is 19.8. The van der Waals surface area contributed by atoms with Crippen molar-refractivity contribution >= 4 is 120 Å². The van der Waals surface area contributed by atoms with E-state index in [0.717, 1.165) is 71.9 Å². The Morgan fingerprint density at radius 2 is 0.759 bits per heavy atom. The normalized spacial score (nSPS) is 10.8. The molecule has 0 saturated heterocycles. The quantitative estimate of drug-likeness (QED) is 0.131. The monoisotopic (exact) mass is 750 g/mol. The summed E-state index contributed by atoms with van der Waals surface area (Å²) in [5.41, 5.74) is 8.95. The zero-order valence-electron chi connectivity index (χ0n) is 34.6. The summed E-state index contributed by atoms with van der Waals surface area (Å²) in [5, 5.41) is 28.6.